The van der Waals surface area contributed by atoms with Crippen LogP contribution in [0.5, 0.6) is 11.5 Å². The minimum Gasteiger partial charge on any atom is -0.507 e. The van der Waals surface area contributed by atoms with E-state index in [0.717, 1.165) is 12.1 Å². The minimum absolute atomic E-state index is 0.404. The first kappa shape index (κ1) is 31.2. The summed E-state index contributed by atoms with van der Waals surface area (Å²) >= 11 is 0. The van der Waals surface area contributed by atoms with Crippen LogP contribution in [0.2, 0.25) is 0 Å². The average molecular weight is 611 g/mol. The number of carboxylic acids is 1. The number of aliphatic hydroxyl groups excluding tert-OH is 8. The number of ketones is 1. The molecular weight excluding hydrogens is 580 g/mol. The lowest BCUT2D eigenvalue weighted by atomic mass is 9.68. The summed E-state index contributed by atoms with van der Waals surface area (Å²) in [4.78, 5) is 25.8. The molecule has 1 aliphatic carbocycles. The highest BCUT2D eigenvalue weighted by molar-refractivity contribution is 6.16. The number of hydrogen-bond acceptors (Lipinski definition) is 15. The lowest BCUT2D eigenvalue weighted by Crippen LogP contribution is -2.65. The van der Waals surface area contributed by atoms with Gasteiger partial charge in [0.2, 0.25) is 12.1 Å². The molecule has 16 heteroatoms. The van der Waals surface area contributed by atoms with Gasteiger partial charge in [-0.15, -0.1) is 0 Å². The van der Waals surface area contributed by atoms with Crippen LogP contribution in [0.15, 0.2) is 30.3 Å². The van der Waals surface area contributed by atoms with Gasteiger partial charge < -0.3 is 70.4 Å². The van der Waals surface area contributed by atoms with E-state index in [1.807, 2.05) is 0 Å². The predicted octanol–water partition coefficient (Wildman–Crippen LogP) is -4.11. The fourth-order valence-corrected chi connectivity index (χ4v) is 5.78. The van der Waals surface area contributed by atoms with Gasteiger partial charge in [-0.05, 0) is 18.2 Å². The number of carbonyl (C=O) groups is 2. The van der Waals surface area contributed by atoms with Gasteiger partial charge in [0.05, 0.1) is 29.9 Å². The van der Waals surface area contributed by atoms with Crippen molar-refractivity contribution in [3.63, 3.8) is 0 Å². The van der Waals surface area contributed by atoms with Crippen LogP contribution in [0.4, 0.5) is 0 Å². The van der Waals surface area contributed by atoms with E-state index in [2.05, 4.69) is 0 Å². The average Bonchev–Trinajstić information content (AvgIpc) is 2.98. The van der Waals surface area contributed by atoms with E-state index in [1.165, 1.54) is 18.2 Å². The van der Waals surface area contributed by atoms with Crippen molar-refractivity contribution in [2.45, 2.75) is 66.8 Å². The first-order valence-corrected chi connectivity index (χ1v) is 13.1. The van der Waals surface area contributed by atoms with Gasteiger partial charge >= 0.3 is 5.97 Å². The Bertz CT molecular complexity index is 1410. The normalized spacial score (nSPS) is 37.4. The zero-order chi connectivity index (χ0) is 31.5. The molecule has 0 spiro atoms. The zero-order valence-electron chi connectivity index (χ0n) is 22.0. The van der Waals surface area contributed by atoms with Gasteiger partial charge in [-0.1, -0.05) is 12.1 Å². The summed E-state index contributed by atoms with van der Waals surface area (Å²) in [6.45, 7) is -1.68. The molecule has 1 unspecified atom stereocenters. The third kappa shape index (κ3) is 4.77. The Hall–Kier alpha value is -3.26. The molecule has 2 saturated heterocycles. The number of carbonyl (C=O) groups excluding carboxylic acids is 1. The van der Waals surface area contributed by atoms with E-state index in [0.29, 0.717) is 0 Å². The molecule has 0 radical (unpaired) electrons. The van der Waals surface area contributed by atoms with E-state index in [1.54, 1.807) is 0 Å². The smallest absolute Gasteiger partial charge is 0.335 e. The second kappa shape index (κ2) is 11.3. The summed E-state index contributed by atoms with van der Waals surface area (Å²) in [6, 6.07) is 5.18. The predicted molar refractivity (Wildman–Crippen MR) is 136 cm³/mol. The molecular formula is C27H30O16. The third-order valence-corrected chi connectivity index (χ3v) is 8.06. The standard InChI is InChI=1S/C27H30O16/c28-6-13-17(31)20(34)22(36)24(41-13)27(40)9-2-1-3-12(42-26-23(37)21(35)18(32)14(7-29)43-26)16(9)19(33)15-10(27)4-8(25(38)39)5-11(15)30/h1-5,13-14,17-18,20-24,26,28-32,34-37,40H,6-7H2,(H,38,39)/t13-,14-,17-,18-,20-,21-,22-,23-,24+,26-,27?/m1/s1. The summed E-state index contributed by atoms with van der Waals surface area (Å²) in [5.74, 6) is -3.93. The number of aromatic hydroxyl groups is 1. The zero-order valence-corrected chi connectivity index (χ0v) is 22.0. The maximum atomic E-state index is 13.9. The molecule has 2 aliphatic heterocycles. The first-order chi connectivity index (χ1) is 20.3. The molecule has 11 N–H and O–H groups in total. The molecule has 2 fully saturated rings. The molecule has 43 heavy (non-hydrogen) atoms. The molecule has 0 aromatic heterocycles. The molecule has 11 atom stereocenters. The summed E-state index contributed by atoms with van der Waals surface area (Å²) in [5.41, 5.74) is -5.48. The minimum atomic E-state index is -2.77. The van der Waals surface area contributed by atoms with E-state index in [4.69, 9.17) is 14.2 Å². The molecule has 2 heterocycles. The van der Waals surface area contributed by atoms with Crippen molar-refractivity contribution in [2.24, 2.45) is 0 Å². The Morgan fingerprint density at radius 1 is 0.814 bits per heavy atom. The van der Waals surface area contributed by atoms with Crippen LogP contribution in [0, 0.1) is 0 Å². The molecule has 234 valence electrons. The number of phenolic OH excluding ortho intramolecular Hbond substituents is 1. The number of aliphatic hydroxyl groups is 9. The van der Waals surface area contributed by atoms with Crippen LogP contribution >= 0.6 is 0 Å². The van der Waals surface area contributed by atoms with Crippen LogP contribution in [-0.2, 0) is 15.1 Å². The Morgan fingerprint density at radius 2 is 1.42 bits per heavy atom. The monoisotopic (exact) mass is 610 g/mol. The highest BCUT2D eigenvalue weighted by Crippen LogP contribution is 2.50. The Kier molecular flexibility index (Phi) is 8.22. The number of rotatable bonds is 6. The summed E-state index contributed by atoms with van der Waals surface area (Å²) in [7, 11) is 0. The quantitative estimate of drug-likeness (QED) is 0.148. The number of phenols is 1. The number of carboxylic acid groups (broad SMARTS) is 1. The summed E-state index contributed by atoms with van der Waals surface area (Å²) in [5, 5.41) is 115. The van der Waals surface area contributed by atoms with Gasteiger partial charge in [0.25, 0.3) is 0 Å². The highest BCUT2D eigenvalue weighted by atomic mass is 16.7. The van der Waals surface area contributed by atoms with Crippen molar-refractivity contribution in [1.29, 1.82) is 0 Å². The SMILES string of the molecule is O=C(O)c1cc(O)c2c(c1)C(O)([C@H]1O[C@H](CO)[C@@H](O)[C@@H](O)[C@H]1O)c1cccc(O[C@@H]3O[C@H](CO)[C@@H](O)[C@@H](O)[C@H]3O)c1C2=O. The maximum absolute atomic E-state index is 13.9. The molecule has 2 aromatic carbocycles. The molecule has 0 saturated carbocycles. The molecule has 0 bridgehead atoms. The van der Waals surface area contributed by atoms with Crippen molar-refractivity contribution < 1.29 is 80.0 Å². The van der Waals surface area contributed by atoms with Gasteiger partial charge in [-0.3, -0.25) is 4.79 Å². The molecule has 5 rings (SSSR count). The van der Waals surface area contributed by atoms with Crippen LogP contribution in [0.25, 0.3) is 0 Å². The lowest BCUT2D eigenvalue weighted by Gasteiger charge is -2.49. The Morgan fingerprint density at radius 3 is 2.02 bits per heavy atom. The largest absolute Gasteiger partial charge is 0.507 e. The summed E-state index contributed by atoms with van der Waals surface area (Å²) < 4.78 is 16.7. The van der Waals surface area contributed by atoms with E-state index < -0.39 is 131 Å². The second-order valence-corrected chi connectivity index (χ2v) is 10.6. The van der Waals surface area contributed by atoms with E-state index >= 15 is 0 Å². The summed E-state index contributed by atoms with van der Waals surface area (Å²) in [6.07, 6.45) is -18.2. The second-order valence-electron chi connectivity index (χ2n) is 10.6. The number of hydrogen-bond donors (Lipinski definition) is 11. The number of aromatic carboxylic acids is 1. The lowest BCUT2D eigenvalue weighted by molar-refractivity contribution is -0.277. The van der Waals surface area contributed by atoms with Gasteiger partial charge in [0.1, 0.15) is 72.0 Å². The van der Waals surface area contributed by atoms with E-state index in [-0.39, 0.29) is 0 Å². The molecule has 0 amide bonds. The highest BCUT2D eigenvalue weighted by Gasteiger charge is 2.58. The van der Waals surface area contributed by atoms with Crippen molar-refractivity contribution in [2.75, 3.05) is 13.2 Å². The number of ether oxygens (including phenoxy) is 3. The fraction of sp³-hybridized carbons (Fsp3) is 0.481. The Balaban J connectivity index is 1.71. The van der Waals surface area contributed by atoms with E-state index in [9.17, 15) is 65.8 Å². The van der Waals surface area contributed by atoms with Crippen LogP contribution in [0.3, 0.4) is 0 Å². The van der Waals surface area contributed by atoms with Crippen molar-refractivity contribution in [1.82, 2.24) is 0 Å². The van der Waals surface area contributed by atoms with Crippen molar-refractivity contribution in [3.05, 3.63) is 58.1 Å². The van der Waals surface area contributed by atoms with Crippen molar-refractivity contribution >= 4 is 11.8 Å². The number of fused-ring (bicyclic) bond motifs is 2. The molecule has 16 nitrogen and oxygen atoms in total. The topological polar surface area (TPSA) is 284 Å². The molecule has 2 aromatic rings. The Labute approximate surface area is 241 Å². The van der Waals surface area contributed by atoms with Gasteiger partial charge in [0, 0.05) is 11.1 Å². The van der Waals surface area contributed by atoms with Crippen LogP contribution in [-0.4, -0.2) is 142 Å². The first-order valence-electron chi connectivity index (χ1n) is 13.1. The number of benzene rings is 2. The van der Waals surface area contributed by atoms with Gasteiger partial charge in [0.15, 0.2) is 0 Å². The van der Waals surface area contributed by atoms with Crippen LogP contribution in [0.1, 0.15) is 37.4 Å². The van der Waals surface area contributed by atoms with Crippen molar-refractivity contribution in [3.8, 4) is 11.5 Å². The van der Waals surface area contributed by atoms with Crippen LogP contribution < -0.4 is 4.74 Å². The molecule has 3 aliphatic rings. The third-order valence-electron chi connectivity index (χ3n) is 8.06. The fourth-order valence-electron chi connectivity index (χ4n) is 5.78. The maximum Gasteiger partial charge on any atom is 0.335 e. The van der Waals surface area contributed by atoms with Gasteiger partial charge in [-0.2, -0.15) is 0 Å². The van der Waals surface area contributed by atoms with Gasteiger partial charge in [-0.25, -0.2) is 4.79 Å².